The van der Waals surface area contributed by atoms with Crippen LogP contribution in [0.1, 0.15) is 0 Å². The molecule has 0 radical (unpaired) electrons. The molecule has 0 fully saturated rings. The first-order chi connectivity index (χ1) is 9.24. The fourth-order valence-corrected chi connectivity index (χ4v) is 1.86. The molecule has 6 nitrogen and oxygen atoms in total. The number of nitrogens with two attached hydrogens (primary N) is 1. The molecule has 0 aliphatic rings. The minimum atomic E-state index is -4.99. The third-order valence-electron chi connectivity index (χ3n) is 1.98. The lowest BCUT2D eigenvalue weighted by molar-refractivity contribution is -0.167. The van der Waals surface area contributed by atoms with Crippen LogP contribution in [0.5, 0.6) is 0 Å². The van der Waals surface area contributed by atoms with Crippen molar-refractivity contribution in [2.75, 3.05) is 11.9 Å². The maximum Gasteiger partial charge on any atom is 0.471 e. The number of halogens is 3. The average molecular weight is 309 g/mol. The molecule has 0 heterocycles. The van der Waals surface area contributed by atoms with Crippen molar-refractivity contribution in [2.45, 2.75) is 11.1 Å². The smallest absolute Gasteiger partial charge is 0.322 e. The monoisotopic (exact) mass is 309 g/mol. The highest BCUT2D eigenvalue weighted by molar-refractivity contribution is 7.83. The summed E-state index contributed by atoms with van der Waals surface area (Å²) in [6.45, 7) is -0.342. The molecule has 0 saturated heterocycles. The van der Waals surface area contributed by atoms with Gasteiger partial charge in [-0.15, -0.1) is 0 Å². The van der Waals surface area contributed by atoms with Gasteiger partial charge in [0.05, 0.1) is 11.4 Å². The molecule has 0 spiro atoms. The van der Waals surface area contributed by atoms with Crippen LogP contribution in [-0.2, 0) is 20.6 Å². The van der Waals surface area contributed by atoms with Crippen molar-refractivity contribution in [1.82, 2.24) is 4.72 Å². The SMILES string of the molecule is NCC(=O)NS(=O)c1ccc(NC(=O)C(F)(F)F)cc1. The van der Waals surface area contributed by atoms with Gasteiger partial charge in [-0.1, -0.05) is 0 Å². The van der Waals surface area contributed by atoms with Crippen molar-refractivity contribution >= 4 is 28.5 Å². The Balaban J connectivity index is 2.72. The van der Waals surface area contributed by atoms with Gasteiger partial charge in [0.15, 0.2) is 11.0 Å². The molecule has 0 aromatic heterocycles. The minimum Gasteiger partial charge on any atom is -0.322 e. The van der Waals surface area contributed by atoms with Crippen LogP contribution in [0, 0.1) is 0 Å². The third kappa shape index (κ3) is 4.63. The van der Waals surface area contributed by atoms with Crippen molar-refractivity contribution < 1.29 is 27.0 Å². The molecule has 10 heteroatoms. The van der Waals surface area contributed by atoms with E-state index >= 15 is 0 Å². The number of carbonyl (C=O) groups excluding carboxylic acids is 2. The maximum absolute atomic E-state index is 12.0. The zero-order valence-electron chi connectivity index (χ0n) is 9.86. The first-order valence-corrected chi connectivity index (χ1v) is 6.28. The molecule has 1 aromatic carbocycles. The van der Waals surface area contributed by atoms with Gasteiger partial charge >= 0.3 is 12.1 Å². The van der Waals surface area contributed by atoms with Crippen molar-refractivity contribution in [3.05, 3.63) is 24.3 Å². The van der Waals surface area contributed by atoms with E-state index in [1.165, 1.54) is 12.1 Å². The van der Waals surface area contributed by atoms with E-state index in [1.807, 2.05) is 0 Å². The minimum absolute atomic E-state index is 0.113. The standard InChI is InChI=1S/C10H10F3N3O3S/c11-10(12,13)9(18)15-6-1-3-7(4-2-6)20(19)16-8(17)5-14/h1-4H,5,14H2,(H,15,18)(H,16,17). The Morgan fingerprint density at radius 1 is 1.20 bits per heavy atom. The first-order valence-electron chi connectivity index (χ1n) is 5.13. The van der Waals surface area contributed by atoms with Crippen LogP contribution in [0.3, 0.4) is 0 Å². The fraction of sp³-hybridized carbons (Fsp3) is 0.200. The summed E-state index contributed by atoms with van der Waals surface area (Å²) >= 11 is 0. The van der Waals surface area contributed by atoms with E-state index in [0.29, 0.717) is 0 Å². The lowest BCUT2D eigenvalue weighted by Gasteiger charge is -2.08. The number of amides is 2. The van der Waals surface area contributed by atoms with Crippen LogP contribution in [0.2, 0.25) is 0 Å². The van der Waals surface area contributed by atoms with Crippen LogP contribution >= 0.6 is 0 Å². The van der Waals surface area contributed by atoms with Gasteiger partial charge in [-0.25, -0.2) is 4.21 Å². The molecular weight excluding hydrogens is 299 g/mol. The van der Waals surface area contributed by atoms with Crippen molar-refractivity contribution in [3.63, 3.8) is 0 Å². The Kier molecular flexibility index (Phi) is 5.22. The maximum atomic E-state index is 12.0. The van der Waals surface area contributed by atoms with E-state index in [0.717, 1.165) is 12.1 Å². The summed E-state index contributed by atoms with van der Waals surface area (Å²) in [6, 6.07) is 4.68. The van der Waals surface area contributed by atoms with Gasteiger partial charge in [0, 0.05) is 5.69 Å². The Morgan fingerprint density at radius 3 is 2.20 bits per heavy atom. The lowest BCUT2D eigenvalue weighted by Crippen LogP contribution is -2.31. The molecule has 1 unspecified atom stereocenters. The summed E-state index contributed by atoms with van der Waals surface area (Å²) in [4.78, 5) is 21.7. The third-order valence-corrected chi connectivity index (χ3v) is 3.09. The highest BCUT2D eigenvalue weighted by Gasteiger charge is 2.38. The van der Waals surface area contributed by atoms with Crippen LogP contribution < -0.4 is 15.8 Å². The van der Waals surface area contributed by atoms with E-state index in [2.05, 4.69) is 4.72 Å². The summed E-state index contributed by atoms with van der Waals surface area (Å²) in [5.74, 6) is -2.75. The molecule has 4 N–H and O–H groups in total. The molecule has 0 aliphatic carbocycles. The molecule has 1 atom stereocenters. The highest BCUT2D eigenvalue weighted by atomic mass is 32.2. The highest BCUT2D eigenvalue weighted by Crippen LogP contribution is 2.19. The zero-order valence-corrected chi connectivity index (χ0v) is 10.7. The molecule has 1 rings (SSSR count). The van der Waals surface area contributed by atoms with Gasteiger partial charge in [-0.2, -0.15) is 13.2 Å². The molecule has 20 heavy (non-hydrogen) atoms. The first kappa shape index (κ1) is 16.1. The predicted octanol–water partition coefficient (Wildman–Crippen LogP) is 0.285. The van der Waals surface area contributed by atoms with E-state index < -0.39 is 29.0 Å². The summed E-state index contributed by atoms with van der Waals surface area (Å²) < 4.78 is 49.6. The van der Waals surface area contributed by atoms with Gasteiger partial charge in [-0.3, -0.25) is 14.3 Å². The Bertz CT molecular complexity index is 531. The second kappa shape index (κ2) is 6.48. The Hall–Kier alpha value is -1.94. The van der Waals surface area contributed by atoms with Crippen LogP contribution in [0.4, 0.5) is 18.9 Å². The number of alkyl halides is 3. The average Bonchev–Trinajstić information content (AvgIpc) is 2.38. The van der Waals surface area contributed by atoms with Crippen LogP contribution in [0.25, 0.3) is 0 Å². The number of carbonyl (C=O) groups is 2. The second-order valence-electron chi connectivity index (χ2n) is 3.47. The number of anilines is 1. The van der Waals surface area contributed by atoms with Crippen molar-refractivity contribution in [2.24, 2.45) is 5.73 Å². The fourth-order valence-electron chi connectivity index (χ4n) is 1.07. The normalized spacial score (nSPS) is 12.6. The van der Waals surface area contributed by atoms with Gasteiger partial charge in [-0.05, 0) is 24.3 Å². The summed E-state index contributed by atoms with van der Waals surface area (Å²) in [7, 11) is -1.87. The molecular formula is C10H10F3N3O3S. The second-order valence-corrected chi connectivity index (χ2v) is 4.69. The Labute approximate surface area is 114 Å². The van der Waals surface area contributed by atoms with E-state index in [1.54, 1.807) is 5.32 Å². The van der Waals surface area contributed by atoms with Gasteiger partial charge in [0.25, 0.3) is 0 Å². The van der Waals surface area contributed by atoms with Gasteiger partial charge in [0.2, 0.25) is 5.91 Å². The van der Waals surface area contributed by atoms with Crippen molar-refractivity contribution in [3.8, 4) is 0 Å². The summed E-state index contributed by atoms with van der Waals surface area (Å²) in [5.41, 5.74) is 4.90. The number of nitrogens with one attached hydrogen (secondary N) is 2. The number of rotatable bonds is 4. The van der Waals surface area contributed by atoms with Crippen LogP contribution in [-0.4, -0.2) is 28.7 Å². The largest absolute Gasteiger partial charge is 0.471 e. The quantitative estimate of drug-likeness (QED) is 0.744. The number of benzene rings is 1. The van der Waals surface area contributed by atoms with Gasteiger partial charge in [0.1, 0.15) is 0 Å². The molecule has 1 aromatic rings. The molecule has 0 bridgehead atoms. The van der Waals surface area contributed by atoms with E-state index in [-0.39, 0.29) is 17.1 Å². The van der Waals surface area contributed by atoms with Gasteiger partial charge < -0.3 is 11.1 Å². The summed E-state index contributed by atoms with van der Waals surface area (Å²) in [5, 5.41) is 1.63. The molecule has 110 valence electrons. The molecule has 0 saturated carbocycles. The number of hydrogen-bond acceptors (Lipinski definition) is 4. The molecule has 0 aliphatic heterocycles. The topological polar surface area (TPSA) is 101 Å². The van der Waals surface area contributed by atoms with E-state index in [9.17, 15) is 27.0 Å². The summed E-state index contributed by atoms with van der Waals surface area (Å²) in [6.07, 6.45) is -4.99. The van der Waals surface area contributed by atoms with E-state index in [4.69, 9.17) is 5.73 Å². The predicted molar refractivity (Wildman–Crippen MR) is 64.7 cm³/mol. The van der Waals surface area contributed by atoms with Crippen LogP contribution in [0.15, 0.2) is 29.2 Å². The van der Waals surface area contributed by atoms with Crippen molar-refractivity contribution in [1.29, 1.82) is 0 Å². The Morgan fingerprint density at radius 2 is 1.75 bits per heavy atom. The lowest BCUT2D eigenvalue weighted by atomic mass is 10.3. The molecule has 2 amide bonds. The zero-order chi connectivity index (χ0) is 15.3. The number of hydrogen-bond donors (Lipinski definition) is 3.